The molecule has 2 N–H and O–H groups in total. The summed E-state index contributed by atoms with van der Waals surface area (Å²) in [5.74, 6) is 0.159. The van der Waals surface area contributed by atoms with Gasteiger partial charge < -0.3 is 10.6 Å². The van der Waals surface area contributed by atoms with Gasteiger partial charge in [-0.2, -0.15) is 0 Å². The van der Waals surface area contributed by atoms with Crippen molar-refractivity contribution in [3.05, 3.63) is 50.1 Å². The molecule has 0 saturated heterocycles. The zero-order valence-electron chi connectivity index (χ0n) is 13.3. The van der Waals surface area contributed by atoms with Gasteiger partial charge in [0.25, 0.3) is 11.8 Å². The van der Waals surface area contributed by atoms with E-state index in [0.717, 1.165) is 9.35 Å². The van der Waals surface area contributed by atoms with Crippen molar-refractivity contribution in [3.63, 3.8) is 0 Å². The minimum Gasteiger partial charge on any atom is -0.352 e. The van der Waals surface area contributed by atoms with Gasteiger partial charge in [0, 0.05) is 17.8 Å². The summed E-state index contributed by atoms with van der Waals surface area (Å²) in [5, 5.41) is 5.76. The Labute approximate surface area is 148 Å². The number of benzene rings is 1. The van der Waals surface area contributed by atoms with Gasteiger partial charge in [0.05, 0.1) is 8.66 Å². The van der Waals surface area contributed by atoms with E-state index in [1.165, 1.54) is 11.3 Å². The quantitative estimate of drug-likeness (QED) is 0.786. The van der Waals surface area contributed by atoms with Crippen LogP contribution in [0.2, 0.25) is 0 Å². The number of rotatable bonds is 5. The highest BCUT2D eigenvalue weighted by Gasteiger charge is 2.12. The predicted octanol–water partition coefficient (Wildman–Crippen LogP) is 4.46. The van der Waals surface area contributed by atoms with E-state index in [1.807, 2.05) is 26.8 Å². The van der Waals surface area contributed by atoms with Crippen LogP contribution in [-0.2, 0) is 0 Å². The van der Waals surface area contributed by atoms with E-state index in [1.54, 1.807) is 24.3 Å². The zero-order chi connectivity index (χ0) is 17.0. The fourth-order valence-electron chi connectivity index (χ4n) is 1.96. The van der Waals surface area contributed by atoms with Crippen LogP contribution in [0.3, 0.4) is 0 Å². The number of halogens is 1. The van der Waals surface area contributed by atoms with Crippen molar-refractivity contribution in [1.82, 2.24) is 5.32 Å². The maximum atomic E-state index is 12.2. The van der Waals surface area contributed by atoms with Crippen molar-refractivity contribution in [2.45, 2.75) is 20.8 Å². The Bertz CT molecular complexity index is 725. The summed E-state index contributed by atoms with van der Waals surface area (Å²) in [6, 6.07) is 8.89. The van der Waals surface area contributed by atoms with Crippen LogP contribution < -0.4 is 10.6 Å². The van der Waals surface area contributed by atoms with Gasteiger partial charge in [0.2, 0.25) is 0 Å². The highest BCUT2D eigenvalue weighted by atomic mass is 79.9. The van der Waals surface area contributed by atoms with Crippen LogP contribution in [0.1, 0.15) is 39.4 Å². The molecule has 4 nitrogen and oxygen atoms in total. The molecule has 122 valence electrons. The lowest BCUT2D eigenvalue weighted by Crippen LogP contribution is -2.27. The summed E-state index contributed by atoms with van der Waals surface area (Å²) < 4.78 is 0.913. The van der Waals surface area contributed by atoms with Gasteiger partial charge in [-0.3, -0.25) is 9.59 Å². The summed E-state index contributed by atoms with van der Waals surface area (Å²) in [6.07, 6.45) is 0. The fourth-order valence-corrected chi connectivity index (χ4v) is 3.25. The molecule has 0 spiro atoms. The molecule has 6 heteroatoms. The van der Waals surface area contributed by atoms with Gasteiger partial charge >= 0.3 is 0 Å². The topological polar surface area (TPSA) is 58.2 Å². The molecular weight excluding hydrogens is 376 g/mol. The molecule has 0 aliphatic rings. The molecule has 1 aromatic heterocycles. The molecule has 2 rings (SSSR count). The van der Waals surface area contributed by atoms with Crippen LogP contribution in [0.15, 0.2) is 34.1 Å². The standard InChI is InChI=1S/C17H19BrN2O2S/c1-10(2)9-19-16(21)12-4-5-13(11(3)8-12)20-17(22)14-6-7-15(18)23-14/h4-8,10H,9H2,1-3H3,(H,19,21)(H,20,22). The van der Waals surface area contributed by atoms with Crippen LogP contribution in [0.5, 0.6) is 0 Å². The Morgan fingerprint density at radius 1 is 1.17 bits per heavy atom. The molecule has 23 heavy (non-hydrogen) atoms. The molecule has 0 unspecified atom stereocenters. The summed E-state index contributed by atoms with van der Waals surface area (Å²) in [7, 11) is 0. The normalized spacial score (nSPS) is 10.7. The first-order valence-corrected chi connectivity index (χ1v) is 8.93. The number of aryl methyl sites for hydroxylation is 1. The number of thiophene rings is 1. The van der Waals surface area contributed by atoms with Crippen molar-refractivity contribution < 1.29 is 9.59 Å². The van der Waals surface area contributed by atoms with Crippen molar-refractivity contribution in [1.29, 1.82) is 0 Å². The zero-order valence-corrected chi connectivity index (χ0v) is 15.7. The van der Waals surface area contributed by atoms with Gasteiger partial charge in [0.1, 0.15) is 0 Å². The molecule has 2 amide bonds. The van der Waals surface area contributed by atoms with Gasteiger partial charge in [-0.15, -0.1) is 11.3 Å². The second-order valence-corrected chi connectivity index (χ2v) is 8.15. The summed E-state index contributed by atoms with van der Waals surface area (Å²) >= 11 is 4.72. The van der Waals surface area contributed by atoms with Crippen LogP contribution in [0, 0.1) is 12.8 Å². The first kappa shape index (κ1) is 17.7. The third kappa shape index (κ3) is 4.91. The molecule has 0 aliphatic carbocycles. The molecule has 0 radical (unpaired) electrons. The molecule has 0 saturated carbocycles. The lowest BCUT2D eigenvalue weighted by Gasteiger charge is -2.11. The smallest absolute Gasteiger partial charge is 0.265 e. The second kappa shape index (κ2) is 7.75. The Kier molecular flexibility index (Phi) is 5.96. The number of hydrogen-bond donors (Lipinski definition) is 2. The number of carbonyl (C=O) groups excluding carboxylic acids is 2. The highest BCUT2D eigenvalue weighted by Crippen LogP contribution is 2.24. The van der Waals surface area contributed by atoms with Crippen molar-refractivity contribution in [3.8, 4) is 0 Å². The summed E-state index contributed by atoms with van der Waals surface area (Å²) in [4.78, 5) is 24.9. The summed E-state index contributed by atoms with van der Waals surface area (Å²) in [6.45, 7) is 6.61. The van der Waals surface area contributed by atoms with Crippen molar-refractivity contribution in [2.75, 3.05) is 11.9 Å². The van der Waals surface area contributed by atoms with Crippen LogP contribution in [0.4, 0.5) is 5.69 Å². The number of amides is 2. The molecule has 1 heterocycles. The van der Waals surface area contributed by atoms with Crippen LogP contribution in [0.25, 0.3) is 0 Å². The van der Waals surface area contributed by atoms with Crippen molar-refractivity contribution >= 4 is 44.8 Å². The summed E-state index contributed by atoms with van der Waals surface area (Å²) in [5.41, 5.74) is 2.16. The second-order valence-electron chi connectivity index (χ2n) is 5.69. The lowest BCUT2D eigenvalue weighted by molar-refractivity contribution is 0.0948. The van der Waals surface area contributed by atoms with E-state index >= 15 is 0 Å². The SMILES string of the molecule is Cc1cc(C(=O)NCC(C)C)ccc1NC(=O)c1ccc(Br)s1. The van der Waals surface area contributed by atoms with E-state index in [0.29, 0.717) is 28.6 Å². The predicted molar refractivity (Wildman–Crippen MR) is 98.3 cm³/mol. The monoisotopic (exact) mass is 394 g/mol. The van der Waals surface area contributed by atoms with E-state index in [2.05, 4.69) is 26.6 Å². The molecule has 0 fully saturated rings. The van der Waals surface area contributed by atoms with Gasteiger partial charge in [0.15, 0.2) is 0 Å². The average molecular weight is 395 g/mol. The Morgan fingerprint density at radius 2 is 1.91 bits per heavy atom. The van der Waals surface area contributed by atoms with Gasteiger partial charge in [-0.05, 0) is 64.7 Å². The lowest BCUT2D eigenvalue weighted by atomic mass is 10.1. The number of nitrogens with one attached hydrogen (secondary N) is 2. The largest absolute Gasteiger partial charge is 0.352 e. The molecule has 0 aliphatic heterocycles. The van der Waals surface area contributed by atoms with Crippen molar-refractivity contribution in [2.24, 2.45) is 5.92 Å². The first-order chi connectivity index (χ1) is 10.9. The Balaban J connectivity index is 2.07. The van der Waals surface area contributed by atoms with E-state index < -0.39 is 0 Å². The highest BCUT2D eigenvalue weighted by molar-refractivity contribution is 9.11. The molecular formula is C17H19BrN2O2S. The minimum atomic E-state index is -0.152. The number of carbonyl (C=O) groups is 2. The first-order valence-electron chi connectivity index (χ1n) is 7.32. The fraction of sp³-hybridized carbons (Fsp3) is 0.294. The maximum absolute atomic E-state index is 12.2. The van der Waals surface area contributed by atoms with E-state index in [9.17, 15) is 9.59 Å². The number of hydrogen-bond acceptors (Lipinski definition) is 3. The molecule has 1 aromatic carbocycles. The number of anilines is 1. The van der Waals surface area contributed by atoms with E-state index in [4.69, 9.17) is 0 Å². The van der Waals surface area contributed by atoms with E-state index in [-0.39, 0.29) is 11.8 Å². The van der Waals surface area contributed by atoms with Gasteiger partial charge in [-0.25, -0.2) is 0 Å². The average Bonchev–Trinajstić information content (AvgIpc) is 2.93. The molecule has 0 atom stereocenters. The minimum absolute atomic E-state index is 0.0955. The molecule has 0 bridgehead atoms. The third-order valence-corrected chi connectivity index (χ3v) is 4.83. The molecule has 2 aromatic rings. The third-order valence-electron chi connectivity index (χ3n) is 3.20. The van der Waals surface area contributed by atoms with Crippen LogP contribution >= 0.6 is 27.3 Å². The van der Waals surface area contributed by atoms with Crippen LogP contribution in [-0.4, -0.2) is 18.4 Å². The maximum Gasteiger partial charge on any atom is 0.265 e. The van der Waals surface area contributed by atoms with Gasteiger partial charge in [-0.1, -0.05) is 13.8 Å². The Hall–Kier alpha value is -1.66. The Morgan fingerprint density at radius 3 is 2.48 bits per heavy atom.